The van der Waals surface area contributed by atoms with Crippen LogP contribution in [-0.2, 0) is 19.3 Å². The van der Waals surface area contributed by atoms with Gasteiger partial charge in [0, 0.05) is 23.9 Å². The zero-order chi connectivity index (χ0) is 14.7. The van der Waals surface area contributed by atoms with E-state index in [2.05, 4.69) is 23.9 Å². The molecule has 1 aromatic heterocycles. The molecule has 2 rings (SSSR count). The van der Waals surface area contributed by atoms with Crippen molar-refractivity contribution < 1.29 is 0 Å². The van der Waals surface area contributed by atoms with Gasteiger partial charge in [0.2, 0.25) is 0 Å². The molecule has 1 unspecified atom stereocenters. The zero-order valence-corrected chi connectivity index (χ0v) is 13.0. The first-order chi connectivity index (χ1) is 9.55. The Morgan fingerprint density at radius 2 is 2.05 bits per heavy atom. The third-order valence-corrected chi connectivity index (χ3v) is 3.53. The van der Waals surface area contributed by atoms with Crippen LogP contribution in [0.4, 0.5) is 0 Å². The van der Waals surface area contributed by atoms with E-state index >= 15 is 0 Å². The normalized spacial score (nSPS) is 12.7. The molecule has 0 radical (unpaired) electrons. The van der Waals surface area contributed by atoms with Gasteiger partial charge in [-0.05, 0) is 31.0 Å². The third kappa shape index (κ3) is 3.19. The van der Waals surface area contributed by atoms with E-state index in [0.29, 0.717) is 0 Å². The summed E-state index contributed by atoms with van der Waals surface area (Å²) >= 11 is 6.34. The second-order valence-corrected chi connectivity index (χ2v) is 5.43. The van der Waals surface area contributed by atoms with E-state index in [0.717, 1.165) is 47.2 Å². The molecule has 2 aromatic rings. The predicted molar refractivity (Wildman–Crippen MR) is 82.5 cm³/mol. The summed E-state index contributed by atoms with van der Waals surface area (Å²) in [6.07, 6.45) is 2.44. The van der Waals surface area contributed by atoms with Gasteiger partial charge in [-0.3, -0.25) is 0 Å². The van der Waals surface area contributed by atoms with Crippen LogP contribution in [0.1, 0.15) is 38.0 Å². The van der Waals surface area contributed by atoms with Crippen LogP contribution in [0.15, 0.2) is 18.2 Å². The molecule has 2 N–H and O–H groups in total. The fourth-order valence-electron chi connectivity index (χ4n) is 2.16. The van der Waals surface area contributed by atoms with Gasteiger partial charge in [-0.1, -0.05) is 31.5 Å². The summed E-state index contributed by atoms with van der Waals surface area (Å²) in [7, 11) is 0. The molecule has 0 amide bonds. The molecule has 0 aliphatic rings. The molecular weight excluding hydrogens is 272 g/mol. The van der Waals surface area contributed by atoms with Crippen LogP contribution in [0.25, 0.3) is 5.69 Å². The minimum Gasteiger partial charge on any atom is -0.328 e. The molecule has 5 heteroatoms. The van der Waals surface area contributed by atoms with E-state index in [1.165, 1.54) is 0 Å². The quantitative estimate of drug-likeness (QED) is 0.922. The first kappa shape index (κ1) is 15.0. The first-order valence-corrected chi connectivity index (χ1v) is 7.42. The lowest BCUT2D eigenvalue weighted by atomic mass is 10.1. The van der Waals surface area contributed by atoms with E-state index in [-0.39, 0.29) is 6.04 Å². The van der Waals surface area contributed by atoms with Crippen molar-refractivity contribution >= 4 is 11.6 Å². The van der Waals surface area contributed by atoms with Gasteiger partial charge in [-0.2, -0.15) is 5.10 Å². The van der Waals surface area contributed by atoms with Crippen LogP contribution in [0.3, 0.4) is 0 Å². The zero-order valence-electron chi connectivity index (χ0n) is 12.2. The standard InChI is InChI=1S/C15H21ClN4/c1-4-14-18-15(5-2)20(19-14)12-7-6-11(8-10(3)17)13(16)9-12/h6-7,9-10H,4-5,8,17H2,1-3H3. The Kier molecular flexibility index (Phi) is 4.78. The molecule has 0 aliphatic heterocycles. The number of nitrogens with zero attached hydrogens (tertiary/aromatic N) is 3. The fraction of sp³-hybridized carbons (Fsp3) is 0.467. The van der Waals surface area contributed by atoms with Crippen LogP contribution in [0.2, 0.25) is 5.02 Å². The number of halogens is 1. The van der Waals surface area contributed by atoms with Gasteiger partial charge >= 0.3 is 0 Å². The molecule has 4 nitrogen and oxygen atoms in total. The smallest absolute Gasteiger partial charge is 0.151 e. The number of benzene rings is 1. The van der Waals surface area contributed by atoms with Crippen LogP contribution in [0, 0.1) is 0 Å². The van der Waals surface area contributed by atoms with E-state index in [4.69, 9.17) is 17.3 Å². The maximum Gasteiger partial charge on any atom is 0.151 e. The van der Waals surface area contributed by atoms with Crippen molar-refractivity contribution in [1.29, 1.82) is 0 Å². The molecule has 0 fully saturated rings. The van der Waals surface area contributed by atoms with Gasteiger partial charge in [0.1, 0.15) is 5.82 Å². The molecule has 20 heavy (non-hydrogen) atoms. The maximum atomic E-state index is 6.34. The van der Waals surface area contributed by atoms with Crippen molar-refractivity contribution in [1.82, 2.24) is 14.8 Å². The van der Waals surface area contributed by atoms with Crippen LogP contribution in [-0.4, -0.2) is 20.8 Å². The molecule has 0 saturated carbocycles. The summed E-state index contributed by atoms with van der Waals surface area (Å²) in [5, 5.41) is 5.26. The minimum absolute atomic E-state index is 0.0996. The molecule has 0 spiro atoms. The van der Waals surface area contributed by atoms with E-state index in [9.17, 15) is 0 Å². The van der Waals surface area contributed by atoms with Crippen molar-refractivity contribution in [2.24, 2.45) is 5.73 Å². The van der Waals surface area contributed by atoms with Gasteiger partial charge in [0.25, 0.3) is 0 Å². The third-order valence-electron chi connectivity index (χ3n) is 3.17. The highest BCUT2D eigenvalue weighted by atomic mass is 35.5. The molecule has 1 atom stereocenters. The SMILES string of the molecule is CCc1nc(CC)n(-c2ccc(CC(C)N)c(Cl)c2)n1. The fourth-order valence-corrected chi connectivity index (χ4v) is 2.41. The second-order valence-electron chi connectivity index (χ2n) is 5.02. The Labute approximate surface area is 125 Å². The van der Waals surface area contributed by atoms with Crippen molar-refractivity contribution in [2.75, 3.05) is 0 Å². The lowest BCUT2D eigenvalue weighted by Gasteiger charge is -2.10. The summed E-state index contributed by atoms with van der Waals surface area (Å²) in [5.74, 6) is 1.82. The van der Waals surface area contributed by atoms with Gasteiger partial charge in [-0.15, -0.1) is 0 Å². The molecule has 0 saturated heterocycles. The highest BCUT2D eigenvalue weighted by molar-refractivity contribution is 6.31. The van der Waals surface area contributed by atoms with E-state index in [1.807, 2.05) is 29.8 Å². The van der Waals surface area contributed by atoms with Crippen molar-refractivity contribution in [2.45, 2.75) is 46.1 Å². The lowest BCUT2D eigenvalue weighted by molar-refractivity contribution is 0.736. The Morgan fingerprint density at radius 1 is 1.30 bits per heavy atom. The molecule has 1 aromatic carbocycles. The Morgan fingerprint density at radius 3 is 2.60 bits per heavy atom. The lowest BCUT2D eigenvalue weighted by Crippen LogP contribution is -2.18. The number of hydrogen-bond acceptors (Lipinski definition) is 3. The number of hydrogen-bond donors (Lipinski definition) is 1. The average Bonchev–Trinajstić information content (AvgIpc) is 2.84. The van der Waals surface area contributed by atoms with Gasteiger partial charge in [0.05, 0.1) is 5.69 Å². The summed E-state index contributed by atoms with van der Waals surface area (Å²) in [6, 6.07) is 6.08. The minimum atomic E-state index is 0.0996. The van der Waals surface area contributed by atoms with Gasteiger partial charge < -0.3 is 5.73 Å². The first-order valence-electron chi connectivity index (χ1n) is 7.04. The van der Waals surface area contributed by atoms with Crippen molar-refractivity contribution in [3.8, 4) is 5.69 Å². The highest BCUT2D eigenvalue weighted by Gasteiger charge is 2.11. The number of nitrogens with two attached hydrogens (primary N) is 1. The Balaban J connectivity index is 2.38. The Bertz CT molecular complexity index is 590. The molecular formula is C15H21ClN4. The molecule has 0 aliphatic carbocycles. The summed E-state index contributed by atoms with van der Waals surface area (Å²) < 4.78 is 1.88. The number of aromatic nitrogens is 3. The monoisotopic (exact) mass is 292 g/mol. The van der Waals surface area contributed by atoms with Crippen molar-refractivity contribution in [3.63, 3.8) is 0 Å². The second kappa shape index (κ2) is 6.37. The van der Waals surface area contributed by atoms with Gasteiger partial charge in [0.15, 0.2) is 5.82 Å². The maximum absolute atomic E-state index is 6.34. The van der Waals surface area contributed by atoms with E-state index in [1.54, 1.807) is 0 Å². The van der Waals surface area contributed by atoms with Gasteiger partial charge in [-0.25, -0.2) is 9.67 Å². The van der Waals surface area contributed by atoms with E-state index < -0.39 is 0 Å². The predicted octanol–water partition coefficient (Wildman–Crippen LogP) is 2.94. The Hall–Kier alpha value is -1.39. The molecule has 0 bridgehead atoms. The number of rotatable bonds is 5. The van der Waals surface area contributed by atoms with Crippen LogP contribution < -0.4 is 5.73 Å². The van der Waals surface area contributed by atoms with Crippen LogP contribution >= 0.6 is 11.6 Å². The highest BCUT2D eigenvalue weighted by Crippen LogP contribution is 2.22. The molecule has 1 heterocycles. The van der Waals surface area contributed by atoms with Crippen LogP contribution in [0.5, 0.6) is 0 Å². The topological polar surface area (TPSA) is 56.7 Å². The summed E-state index contributed by atoms with van der Waals surface area (Å²) in [5.41, 5.74) is 7.84. The summed E-state index contributed by atoms with van der Waals surface area (Å²) in [4.78, 5) is 4.51. The summed E-state index contributed by atoms with van der Waals surface area (Å²) in [6.45, 7) is 6.11. The largest absolute Gasteiger partial charge is 0.328 e. The van der Waals surface area contributed by atoms with Crippen molar-refractivity contribution in [3.05, 3.63) is 40.4 Å². The molecule has 108 valence electrons. The average molecular weight is 293 g/mol. The number of aryl methyl sites for hydroxylation is 2.